The fourth-order valence-electron chi connectivity index (χ4n) is 3.83. The van der Waals surface area contributed by atoms with Gasteiger partial charge in [0, 0.05) is 51.4 Å². The molecule has 8 nitrogen and oxygen atoms in total. The Morgan fingerprint density at radius 2 is 1.65 bits per heavy atom. The summed E-state index contributed by atoms with van der Waals surface area (Å²) in [7, 11) is -3.90. The Morgan fingerprint density at radius 3 is 2.26 bits per heavy atom. The molecule has 0 amide bonds. The smallest absolute Gasteiger partial charge is 0.271 e. The summed E-state index contributed by atoms with van der Waals surface area (Å²) in [6.07, 6.45) is 0. The normalized spacial score (nSPS) is 15.8. The van der Waals surface area contributed by atoms with Crippen molar-refractivity contribution in [2.75, 3.05) is 32.7 Å². The number of sulfonamides is 1. The van der Waals surface area contributed by atoms with Crippen LogP contribution in [-0.2, 0) is 23.1 Å². The van der Waals surface area contributed by atoms with Crippen LogP contribution in [0, 0.1) is 24.0 Å². The van der Waals surface area contributed by atoms with E-state index in [1.54, 1.807) is 13.8 Å². The highest BCUT2D eigenvalue weighted by atomic mass is 32.2. The van der Waals surface area contributed by atoms with Crippen molar-refractivity contribution in [3.63, 3.8) is 0 Å². The highest BCUT2D eigenvalue weighted by Gasteiger charge is 2.23. The Kier molecular flexibility index (Phi) is 7.42. The molecule has 2 aromatic carbocycles. The number of nitro benzene ring substituents is 1. The number of hydrogen-bond donors (Lipinski definition) is 1. The summed E-state index contributed by atoms with van der Waals surface area (Å²) >= 11 is 0. The molecule has 1 heterocycles. The summed E-state index contributed by atoms with van der Waals surface area (Å²) < 4.78 is 28.6. The minimum absolute atomic E-state index is 0.0487. The zero-order valence-corrected chi connectivity index (χ0v) is 19.1. The molecule has 0 unspecified atom stereocenters. The van der Waals surface area contributed by atoms with Crippen molar-refractivity contribution in [1.29, 1.82) is 0 Å². The quantitative estimate of drug-likeness (QED) is 0.495. The van der Waals surface area contributed by atoms with E-state index in [9.17, 15) is 18.5 Å². The SMILES string of the molecule is CCN1CCN(Cc2ccccc2CNS(=O)(=O)c2cc([N+](=O)[O-])cc(C)c2C)CC1. The van der Waals surface area contributed by atoms with Crippen molar-refractivity contribution in [3.05, 3.63) is 68.8 Å². The van der Waals surface area contributed by atoms with Crippen LogP contribution in [0.5, 0.6) is 0 Å². The van der Waals surface area contributed by atoms with Gasteiger partial charge in [-0.2, -0.15) is 0 Å². The number of piperazine rings is 1. The fraction of sp³-hybridized carbons (Fsp3) is 0.455. The molecule has 2 aromatic rings. The Balaban J connectivity index is 1.75. The molecule has 168 valence electrons. The second kappa shape index (κ2) is 9.86. The summed E-state index contributed by atoms with van der Waals surface area (Å²) in [4.78, 5) is 15.4. The highest BCUT2D eigenvalue weighted by Crippen LogP contribution is 2.25. The second-order valence-corrected chi connectivity index (χ2v) is 9.68. The number of likely N-dealkylation sites (N-methyl/N-ethyl adjacent to an activating group) is 1. The highest BCUT2D eigenvalue weighted by molar-refractivity contribution is 7.89. The van der Waals surface area contributed by atoms with Crippen LogP contribution >= 0.6 is 0 Å². The molecule has 0 atom stereocenters. The maximum absolute atomic E-state index is 13.0. The minimum Gasteiger partial charge on any atom is -0.301 e. The fourth-order valence-corrected chi connectivity index (χ4v) is 5.17. The van der Waals surface area contributed by atoms with E-state index in [1.807, 2.05) is 24.3 Å². The van der Waals surface area contributed by atoms with Gasteiger partial charge in [0.05, 0.1) is 9.82 Å². The first-order valence-electron chi connectivity index (χ1n) is 10.5. The van der Waals surface area contributed by atoms with E-state index in [4.69, 9.17) is 0 Å². The molecule has 0 saturated carbocycles. The maximum Gasteiger partial charge on any atom is 0.271 e. The van der Waals surface area contributed by atoms with Crippen LogP contribution < -0.4 is 4.72 Å². The first-order valence-corrected chi connectivity index (χ1v) is 12.0. The molecule has 31 heavy (non-hydrogen) atoms. The topological polar surface area (TPSA) is 95.8 Å². The summed E-state index contributed by atoms with van der Waals surface area (Å²) in [6.45, 7) is 11.5. The van der Waals surface area contributed by atoms with Crippen LogP contribution in [-0.4, -0.2) is 55.9 Å². The van der Waals surface area contributed by atoms with Gasteiger partial charge in [-0.25, -0.2) is 13.1 Å². The average molecular weight is 447 g/mol. The molecule has 9 heteroatoms. The van der Waals surface area contributed by atoms with Crippen molar-refractivity contribution in [3.8, 4) is 0 Å². The third-order valence-electron chi connectivity index (χ3n) is 5.98. The largest absolute Gasteiger partial charge is 0.301 e. The number of benzene rings is 2. The maximum atomic E-state index is 13.0. The van der Waals surface area contributed by atoms with Gasteiger partial charge in [-0.05, 0) is 42.6 Å². The minimum atomic E-state index is -3.90. The van der Waals surface area contributed by atoms with Gasteiger partial charge in [0.1, 0.15) is 0 Å². The Labute approximate surface area is 184 Å². The average Bonchev–Trinajstić information content (AvgIpc) is 2.75. The first kappa shape index (κ1) is 23.3. The van der Waals surface area contributed by atoms with E-state index in [2.05, 4.69) is 21.4 Å². The lowest BCUT2D eigenvalue weighted by Crippen LogP contribution is -2.45. The molecular weight excluding hydrogens is 416 g/mol. The van der Waals surface area contributed by atoms with Crippen molar-refractivity contribution in [1.82, 2.24) is 14.5 Å². The number of nitrogens with one attached hydrogen (secondary N) is 1. The summed E-state index contributed by atoms with van der Waals surface area (Å²) in [5.41, 5.74) is 2.85. The van der Waals surface area contributed by atoms with E-state index in [0.717, 1.165) is 56.5 Å². The van der Waals surface area contributed by atoms with E-state index in [1.165, 1.54) is 6.07 Å². The third-order valence-corrected chi connectivity index (χ3v) is 7.51. The molecule has 0 aromatic heterocycles. The number of nitro groups is 1. The van der Waals surface area contributed by atoms with E-state index in [0.29, 0.717) is 11.1 Å². The number of aryl methyl sites for hydroxylation is 1. The Bertz CT molecular complexity index is 1050. The number of nitrogens with zero attached hydrogens (tertiary/aromatic N) is 3. The van der Waals surface area contributed by atoms with Gasteiger partial charge in [0.25, 0.3) is 5.69 Å². The first-order chi connectivity index (χ1) is 14.7. The summed E-state index contributed by atoms with van der Waals surface area (Å²) in [6, 6.07) is 10.3. The van der Waals surface area contributed by atoms with E-state index < -0.39 is 14.9 Å². The van der Waals surface area contributed by atoms with E-state index >= 15 is 0 Å². The number of non-ortho nitro benzene ring substituents is 1. The van der Waals surface area contributed by atoms with Crippen LogP contribution in [0.2, 0.25) is 0 Å². The van der Waals surface area contributed by atoms with Gasteiger partial charge in [0.15, 0.2) is 0 Å². The lowest BCUT2D eigenvalue weighted by atomic mass is 10.1. The predicted octanol–water partition coefficient (Wildman–Crippen LogP) is 2.83. The van der Waals surface area contributed by atoms with Crippen molar-refractivity contribution in [2.24, 2.45) is 0 Å². The van der Waals surface area contributed by atoms with Crippen molar-refractivity contribution >= 4 is 15.7 Å². The van der Waals surface area contributed by atoms with Gasteiger partial charge in [0.2, 0.25) is 10.0 Å². The molecule has 0 bridgehead atoms. The Morgan fingerprint density at radius 1 is 1.03 bits per heavy atom. The molecule has 1 fully saturated rings. The zero-order chi connectivity index (χ0) is 22.6. The van der Waals surface area contributed by atoms with Gasteiger partial charge >= 0.3 is 0 Å². The van der Waals surface area contributed by atoms with Crippen LogP contribution in [0.3, 0.4) is 0 Å². The van der Waals surface area contributed by atoms with Crippen LogP contribution in [0.25, 0.3) is 0 Å². The van der Waals surface area contributed by atoms with Crippen LogP contribution in [0.15, 0.2) is 41.3 Å². The molecule has 3 rings (SSSR count). The molecule has 1 aliphatic rings. The van der Waals surface area contributed by atoms with Crippen LogP contribution in [0.1, 0.15) is 29.2 Å². The molecule has 1 aliphatic heterocycles. The van der Waals surface area contributed by atoms with Gasteiger partial charge in [-0.1, -0.05) is 31.2 Å². The molecule has 0 radical (unpaired) electrons. The molecule has 1 N–H and O–H groups in total. The standard InChI is InChI=1S/C22H30N4O4S/c1-4-24-9-11-25(12-10-24)16-20-8-6-5-7-19(20)15-23-31(29,30)22-14-21(26(27)28)13-17(2)18(22)3/h5-8,13-14,23H,4,9-12,15-16H2,1-3H3. The van der Waals surface area contributed by atoms with Crippen molar-refractivity contribution in [2.45, 2.75) is 38.8 Å². The lowest BCUT2D eigenvalue weighted by molar-refractivity contribution is -0.385. The summed E-state index contributed by atoms with van der Waals surface area (Å²) in [5.74, 6) is 0. The van der Waals surface area contributed by atoms with Gasteiger partial charge < -0.3 is 4.90 Å². The lowest BCUT2D eigenvalue weighted by Gasteiger charge is -2.34. The molecule has 0 aliphatic carbocycles. The van der Waals surface area contributed by atoms with Gasteiger partial charge in [-0.3, -0.25) is 15.0 Å². The third kappa shape index (κ3) is 5.68. The van der Waals surface area contributed by atoms with Gasteiger partial charge in [-0.15, -0.1) is 0 Å². The molecular formula is C22H30N4O4S. The van der Waals surface area contributed by atoms with E-state index in [-0.39, 0.29) is 17.1 Å². The second-order valence-electron chi connectivity index (χ2n) is 7.95. The van der Waals surface area contributed by atoms with Crippen molar-refractivity contribution < 1.29 is 13.3 Å². The molecule has 0 spiro atoms. The predicted molar refractivity (Wildman–Crippen MR) is 120 cm³/mol. The Hall–Kier alpha value is -2.33. The van der Waals surface area contributed by atoms with Crippen LogP contribution in [0.4, 0.5) is 5.69 Å². The zero-order valence-electron chi connectivity index (χ0n) is 18.3. The summed E-state index contributed by atoms with van der Waals surface area (Å²) in [5, 5.41) is 11.2. The number of rotatable bonds is 8. The number of hydrogen-bond acceptors (Lipinski definition) is 6. The molecule has 1 saturated heterocycles. The monoisotopic (exact) mass is 446 g/mol.